The van der Waals surface area contributed by atoms with Crippen LogP contribution in [0.15, 0.2) is 54.6 Å². The van der Waals surface area contributed by atoms with E-state index < -0.39 is 161 Å². The SMILES string of the molecule is CC[C@H](C)[C@@H]([C@@H](CC(=O)N1CCC[C@H]1[C@H](OC)[C@@H](C)C(=O)N[C@@H](Cc1ccccc1)C(=O)NCc1ccc(NC(=O)[C@H](CCCNC(N)=O)NC(=O)[C@@H](NC(=O)CCC(=O)N2CCC(C(=O)Oc3c(F)c(F)c(F)c(F)c3F)CC2)C(C)C)cc1)OC)N(C)C(=O)[C@@H](NC(=O)[C@H](C(C)C)N(C)C)C(C)C. The molecule has 11 atom stereocenters. The maximum Gasteiger partial charge on any atom is 0.314 e. The van der Waals surface area contributed by atoms with Gasteiger partial charge in [0.25, 0.3) is 0 Å². The van der Waals surface area contributed by atoms with Crippen LogP contribution in [0.5, 0.6) is 5.75 Å². The number of hydrogen-bond donors (Lipinski definition) is 8. The van der Waals surface area contributed by atoms with Crippen LogP contribution in [0, 0.1) is 64.6 Å². The average Bonchev–Trinajstić information content (AvgIpc) is 1.80. The van der Waals surface area contributed by atoms with Crippen LogP contribution >= 0.6 is 0 Å². The first-order chi connectivity index (χ1) is 49.6. The number of hydrogen-bond acceptors (Lipinski definition) is 15. The van der Waals surface area contributed by atoms with E-state index in [1.807, 2.05) is 90.9 Å². The van der Waals surface area contributed by atoms with E-state index in [4.69, 9.17) is 15.2 Å². The number of carbonyl (C=O) groups excluding carboxylic acids is 11. The van der Waals surface area contributed by atoms with Gasteiger partial charge in [0, 0.05) is 78.9 Å². The van der Waals surface area contributed by atoms with E-state index in [0.717, 1.165) is 5.56 Å². The van der Waals surface area contributed by atoms with Crippen molar-refractivity contribution in [3.63, 3.8) is 0 Å². The van der Waals surface area contributed by atoms with Gasteiger partial charge in [-0.25, -0.2) is 18.0 Å². The standard InChI is InChI=1S/C74H107F5N12O14/c1-15-43(8)64(89(12)72(100)62(41(4)5)87-71(99)63(42(6)7)88(10)11)52(103-13)38-55(94)91-34-20-24-51(91)65(104-14)44(9)67(95)85-50(37-45-21-17-16-18-22-45)68(96)82-39-46-25-27-48(28-26-46)83-69(97)49(23-19-33-81-74(80)102)84-70(98)61(40(2)3)86-53(92)29-30-54(93)90-35-31-47(32-36-90)73(101)105-66-59(78)57(76)56(75)58(77)60(66)79/h16-18,21-22,25-28,40-44,47,49-52,61-65H,15,19-20,23-24,29-39H2,1-14H3,(H,82,96)(H,83,97)(H,84,98)(H,85,95)(H,86,92)(H,87,99)(H3,80,81,102)/t43-,44+,49-,50-,51-,52+,61-,62-,63-,64-,65+/m0/s1. The first-order valence-corrected chi connectivity index (χ1v) is 35.8. The van der Waals surface area contributed by atoms with Gasteiger partial charge >= 0.3 is 12.0 Å². The van der Waals surface area contributed by atoms with Crippen LogP contribution in [0.4, 0.5) is 32.4 Å². The highest BCUT2D eigenvalue weighted by Gasteiger charge is 2.44. The van der Waals surface area contributed by atoms with Crippen LogP contribution in [0.1, 0.15) is 138 Å². The Morgan fingerprint density at radius 1 is 0.619 bits per heavy atom. The minimum absolute atomic E-state index is 0.00970. The van der Waals surface area contributed by atoms with E-state index in [1.165, 1.54) is 19.1 Å². The third-order valence-electron chi connectivity index (χ3n) is 19.5. The molecule has 3 aromatic rings. The Bertz CT molecular complexity index is 3440. The number of benzene rings is 3. The van der Waals surface area contributed by atoms with Crippen LogP contribution in [0.3, 0.4) is 0 Å². The molecule has 0 aliphatic carbocycles. The quantitative estimate of drug-likeness (QED) is 0.00813. The summed E-state index contributed by atoms with van der Waals surface area (Å²) in [7, 11) is 8.31. The topological polar surface area (TPSA) is 339 Å². The van der Waals surface area contributed by atoms with Gasteiger partial charge < -0.3 is 71.9 Å². The number of ether oxygens (including phenoxy) is 3. The largest absolute Gasteiger partial charge is 0.420 e. The fraction of sp³-hybridized carbons (Fsp3) is 0.608. The van der Waals surface area contributed by atoms with Crippen molar-refractivity contribution in [1.29, 1.82) is 0 Å². The molecule has 9 N–H and O–H groups in total. The lowest BCUT2D eigenvalue weighted by atomic mass is 9.89. The molecule has 5 rings (SSSR count). The zero-order valence-electron chi connectivity index (χ0n) is 62.6. The minimum Gasteiger partial charge on any atom is -0.420 e. The number of primary amides is 1. The number of nitrogens with one attached hydrogen (secondary N) is 7. The number of rotatable bonds is 38. The van der Waals surface area contributed by atoms with E-state index in [1.54, 1.807) is 61.9 Å². The van der Waals surface area contributed by atoms with E-state index >= 15 is 0 Å². The highest BCUT2D eigenvalue weighted by atomic mass is 19.2. The van der Waals surface area contributed by atoms with Gasteiger partial charge in [-0.1, -0.05) is 111 Å². The fourth-order valence-electron chi connectivity index (χ4n) is 13.5. The highest BCUT2D eigenvalue weighted by Crippen LogP contribution is 2.33. The monoisotopic (exact) mass is 1480 g/mol. The first-order valence-electron chi connectivity index (χ1n) is 35.8. The van der Waals surface area contributed by atoms with E-state index in [0.29, 0.717) is 37.1 Å². The molecule has 105 heavy (non-hydrogen) atoms. The fourth-order valence-corrected chi connectivity index (χ4v) is 13.5. The van der Waals surface area contributed by atoms with Gasteiger partial charge in [-0.05, 0) is 99.6 Å². The molecular formula is C74H107F5N12O14. The normalized spacial score (nSPS) is 16.9. The van der Waals surface area contributed by atoms with Crippen molar-refractivity contribution in [3.05, 3.63) is 94.8 Å². The molecule has 2 aliphatic rings. The van der Waals surface area contributed by atoms with E-state index in [9.17, 15) is 74.7 Å². The van der Waals surface area contributed by atoms with Crippen molar-refractivity contribution < 1.29 is 88.9 Å². The molecule has 3 aromatic carbocycles. The second-order valence-corrected chi connectivity index (χ2v) is 28.4. The summed E-state index contributed by atoms with van der Waals surface area (Å²) in [5.74, 6) is -22.0. The molecule has 11 amide bonds. The molecular weight excluding hydrogens is 1380 g/mol. The third kappa shape index (κ3) is 24.4. The Morgan fingerprint density at radius 3 is 1.77 bits per heavy atom. The van der Waals surface area contributed by atoms with Crippen LogP contribution in [0.2, 0.25) is 0 Å². The predicted octanol–water partition coefficient (Wildman–Crippen LogP) is 6.01. The Morgan fingerprint density at radius 2 is 1.22 bits per heavy atom. The molecule has 0 radical (unpaired) electrons. The van der Waals surface area contributed by atoms with E-state index in [2.05, 4.69) is 42.0 Å². The molecule has 0 unspecified atom stereocenters. The van der Waals surface area contributed by atoms with Gasteiger partial charge in [-0.3, -0.25) is 52.8 Å². The zero-order valence-corrected chi connectivity index (χ0v) is 62.6. The number of likely N-dealkylation sites (N-methyl/N-ethyl adjacent to an activating group) is 2. The molecule has 2 heterocycles. The summed E-state index contributed by atoms with van der Waals surface area (Å²) in [6.45, 7) is 16.9. The molecule has 2 saturated heterocycles. The summed E-state index contributed by atoms with van der Waals surface area (Å²) >= 11 is 0. The number of nitrogens with two attached hydrogens (primary N) is 1. The maximum absolute atomic E-state index is 14.6. The van der Waals surface area contributed by atoms with Crippen LogP contribution in [-0.4, -0.2) is 201 Å². The number of anilines is 1. The summed E-state index contributed by atoms with van der Waals surface area (Å²) in [6.07, 6.45) is -0.502. The number of halogens is 5. The smallest absolute Gasteiger partial charge is 0.314 e. The van der Waals surface area contributed by atoms with Crippen LogP contribution < -0.4 is 47.7 Å². The molecule has 0 bridgehead atoms. The van der Waals surface area contributed by atoms with Crippen molar-refractivity contribution in [2.45, 2.75) is 194 Å². The van der Waals surface area contributed by atoms with Crippen molar-refractivity contribution in [2.24, 2.45) is 41.2 Å². The summed E-state index contributed by atoms with van der Waals surface area (Å²) in [5, 5.41) is 19.4. The molecule has 31 heteroatoms. The van der Waals surface area contributed by atoms with Crippen LogP contribution in [0.25, 0.3) is 0 Å². The number of methoxy groups -OCH3 is 2. The number of esters is 1. The number of carbonyl (C=O) groups is 11. The second kappa shape index (κ2) is 41.2. The lowest BCUT2D eigenvalue weighted by Crippen LogP contribution is -2.59. The first kappa shape index (κ1) is 86.8. The summed E-state index contributed by atoms with van der Waals surface area (Å²) in [4.78, 5) is 157. The molecule has 2 fully saturated rings. The second-order valence-electron chi connectivity index (χ2n) is 28.4. The summed E-state index contributed by atoms with van der Waals surface area (Å²) in [6, 6.07) is 8.78. The third-order valence-corrected chi connectivity index (χ3v) is 19.5. The lowest BCUT2D eigenvalue weighted by Gasteiger charge is -2.41. The Kier molecular flexibility index (Phi) is 34.0. The molecule has 0 aromatic heterocycles. The number of piperidine rings is 1. The molecule has 0 saturated carbocycles. The Hall–Kier alpha value is -8.84. The number of likely N-dealkylation sites (tertiary alicyclic amines) is 2. The number of amides is 11. The minimum atomic E-state index is -2.42. The maximum atomic E-state index is 14.6. The van der Waals surface area contributed by atoms with Gasteiger partial charge in [-0.15, -0.1) is 0 Å². The Labute approximate surface area is 611 Å². The van der Waals surface area contributed by atoms with Crippen molar-refractivity contribution in [1.82, 2.24) is 51.5 Å². The average molecular weight is 1480 g/mol. The van der Waals surface area contributed by atoms with Gasteiger partial charge in [0.1, 0.15) is 24.2 Å². The highest BCUT2D eigenvalue weighted by molar-refractivity contribution is 5.99. The number of nitrogens with zero attached hydrogens (tertiary/aromatic N) is 4. The van der Waals surface area contributed by atoms with Crippen molar-refractivity contribution >= 4 is 70.9 Å². The van der Waals surface area contributed by atoms with Gasteiger partial charge in [0.15, 0.2) is 0 Å². The molecule has 2 aliphatic heterocycles. The Balaban J connectivity index is 1.20. The zero-order chi connectivity index (χ0) is 78.3. The van der Waals surface area contributed by atoms with Crippen LogP contribution in [-0.2, 0) is 70.4 Å². The summed E-state index contributed by atoms with van der Waals surface area (Å²) in [5.41, 5.74) is 6.91. The van der Waals surface area contributed by atoms with Gasteiger partial charge in [0.2, 0.25) is 88.0 Å². The molecule has 0 spiro atoms. The van der Waals surface area contributed by atoms with E-state index in [-0.39, 0.29) is 107 Å². The molecule has 582 valence electrons. The van der Waals surface area contributed by atoms with Gasteiger partial charge in [0.05, 0.1) is 48.6 Å². The van der Waals surface area contributed by atoms with Crippen molar-refractivity contribution in [2.75, 3.05) is 66.9 Å². The number of urea groups is 1. The van der Waals surface area contributed by atoms with Gasteiger partial charge in [-0.2, -0.15) is 8.78 Å². The van der Waals surface area contributed by atoms with Crippen molar-refractivity contribution in [3.8, 4) is 5.75 Å². The summed E-state index contributed by atoms with van der Waals surface area (Å²) < 4.78 is 86.0. The lowest BCUT2D eigenvalue weighted by molar-refractivity contribution is -0.148. The molecule has 26 nitrogen and oxygen atoms in total. The predicted molar refractivity (Wildman–Crippen MR) is 380 cm³/mol.